The Morgan fingerprint density at radius 1 is 1.47 bits per heavy atom. The average molecular weight is 230 g/mol. The smallest absolute Gasteiger partial charge is 0.149 e. The van der Waals surface area contributed by atoms with Gasteiger partial charge in [-0.25, -0.2) is 4.98 Å². The minimum absolute atomic E-state index is 0.223. The van der Waals surface area contributed by atoms with Crippen LogP contribution in [0.5, 0.6) is 0 Å². The zero-order valence-corrected chi connectivity index (χ0v) is 10.0. The van der Waals surface area contributed by atoms with Crippen LogP contribution in [0.3, 0.4) is 0 Å². The van der Waals surface area contributed by atoms with Crippen molar-refractivity contribution < 1.29 is 4.74 Å². The van der Waals surface area contributed by atoms with Crippen molar-refractivity contribution in [1.82, 2.24) is 9.97 Å². The van der Waals surface area contributed by atoms with Gasteiger partial charge in [0.2, 0.25) is 0 Å². The van der Waals surface area contributed by atoms with Crippen molar-refractivity contribution in [3.8, 4) is 0 Å². The SMILES string of the molecule is CCOC(C)(C)CNc1cncc(Cl)n1. The number of halogens is 1. The maximum absolute atomic E-state index is 5.71. The normalized spacial score (nSPS) is 11.5. The maximum atomic E-state index is 5.71. The van der Waals surface area contributed by atoms with Crippen molar-refractivity contribution in [3.63, 3.8) is 0 Å². The fourth-order valence-corrected chi connectivity index (χ4v) is 1.32. The van der Waals surface area contributed by atoms with Gasteiger partial charge in [0.15, 0.2) is 0 Å². The molecule has 0 atom stereocenters. The molecule has 0 aliphatic heterocycles. The molecule has 1 aromatic heterocycles. The Balaban J connectivity index is 2.49. The molecule has 0 aromatic carbocycles. The second kappa shape index (κ2) is 5.28. The Bertz CT molecular complexity index is 317. The molecule has 0 saturated heterocycles. The molecule has 1 aromatic rings. The topological polar surface area (TPSA) is 47.0 Å². The molecule has 84 valence electrons. The summed E-state index contributed by atoms with van der Waals surface area (Å²) in [5, 5.41) is 3.51. The van der Waals surface area contributed by atoms with Crippen molar-refractivity contribution in [1.29, 1.82) is 0 Å². The predicted octanol–water partition coefficient (Wildman–Crippen LogP) is 2.36. The Morgan fingerprint density at radius 2 is 2.20 bits per heavy atom. The lowest BCUT2D eigenvalue weighted by Crippen LogP contribution is -2.33. The van der Waals surface area contributed by atoms with Gasteiger partial charge in [0.1, 0.15) is 11.0 Å². The average Bonchev–Trinajstić information content (AvgIpc) is 2.15. The van der Waals surface area contributed by atoms with E-state index in [0.717, 1.165) is 0 Å². The van der Waals surface area contributed by atoms with E-state index in [2.05, 4.69) is 15.3 Å². The summed E-state index contributed by atoms with van der Waals surface area (Å²) in [5.74, 6) is 0.662. The van der Waals surface area contributed by atoms with Gasteiger partial charge in [0, 0.05) is 13.2 Å². The summed E-state index contributed by atoms with van der Waals surface area (Å²) in [5.41, 5.74) is -0.223. The third-order valence-corrected chi connectivity index (χ3v) is 2.02. The molecule has 0 fully saturated rings. The van der Waals surface area contributed by atoms with Gasteiger partial charge >= 0.3 is 0 Å². The first-order chi connectivity index (χ1) is 7.03. The number of anilines is 1. The van der Waals surface area contributed by atoms with Crippen LogP contribution in [0.25, 0.3) is 0 Å². The van der Waals surface area contributed by atoms with Crippen LogP contribution in [0.15, 0.2) is 12.4 Å². The summed E-state index contributed by atoms with van der Waals surface area (Å²) in [6, 6.07) is 0. The zero-order valence-electron chi connectivity index (χ0n) is 9.25. The molecule has 0 amide bonds. The highest BCUT2D eigenvalue weighted by Crippen LogP contribution is 2.12. The van der Waals surface area contributed by atoms with Gasteiger partial charge < -0.3 is 10.1 Å². The standard InChI is InChI=1S/C10H16ClN3O/c1-4-15-10(2,3)7-13-9-6-12-5-8(11)14-9/h5-6H,4,7H2,1-3H3,(H,13,14). The largest absolute Gasteiger partial charge is 0.374 e. The second-order valence-electron chi connectivity index (χ2n) is 3.77. The number of hydrogen-bond acceptors (Lipinski definition) is 4. The number of hydrogen-bond donors (Lipinski definition) is 1. The van der Waals surface area contributed by atoms with Gasteiger partial charge in [-0.3, -0.25) is 4.98 Å². The molecule has 15 heavy (non-hydrogen) atoms. The maximum Gasteiger partial charge on any atom is 0.149 e. The quantitative estimate of drug-likeness (QED) is 0.842. The Labute approximate surface area is 95.0 Å². The lowest BCUT2D eigenvalue weighted by atomic mass is 10.1. The summed E-state index contributed by atoms with van der Waals surface area (Å²) in [4.78, 5) is 8.01. The second-order valence-corrected chi connectivity index (χ2v) is 4.16. The summed E-state index contributed by atoms with van der Waals surface area (Å²) in [6.45, 7) is 7.36. The van der Waals surface area contributed by atoms with E-state index < -0.39 is 0 Å². The van der Waals surface area contributed by atoms with Gasteiger partial charge in [0.05, 0.1) is 18.0 Å². The molecule has 4 nitrogen and oxygen atoms in total. The Kier molecular flexibility index (Phi) is 4.29. The summed E-state index contributed by atoms with van der Waals surface area (Å²) < 4.78 is 5.54. The number of rotatable bonds is 5. The van der Waals surface area contributed by atoms with E-state index in [1.165, 1.54) is 6.20 Å². The van der Waals surface area contributed by atoms with Crippen LogP contribution < -0.4 is 5.32 Å². The molecule has 5 heteroatoms. The first kappa shape index (κ1) is 12.2. The van der Waals surface area contributed by atoms with Crippen LogP contribution in [0.1, 0.15) is 20.8 Å². The van der Waals surface area contributed by atoms with Gasteiger partial charge in [-0.2, -0.15) is 0 Å². The summed E-state index contributed by atoms with van der Waals surface area (Å²) in [7, 11) is 0. The van der Waals surface area contributed by atoms with Gasteiger partial charge in [-0.05, 0) is 20.8 Å². The number of nitrogens with one attached hydrogen (secondary N) is 1. The van der Waals surface area contributed by atoms with E-state index in [1.807, 2.05) is 20.8 Å². The number of ether oxygens (including phenoxy) is 1. The molecular formula is C10H16ClN3O. The Morgan fingerprint density at radius 3 is 2.80 bits per heavy atom. The molecule has 0 bridgehead atoms. The monoisotopic (exact) mass is 229 g/mol. The molecule has 0 unspecified atom stereocenters. The van der Waals surface area contributed by atoms with Crippen LogP contribution in [-0.2, 0) is 4.74 Å². The van der Waals surface area contributed by atoms with Crippen LogP contribution in [0.4, 0.5) is 5.82 Å². The summed E-state index contributed by atoms with van der Waals surface area (Å²) in [6.07, 6.45) is 3.13. The van der Waals surface area contributed by atoms with E-state index in [1.54, 1.807) is 6.20 Å². The fraction of sp³-hybridized carbons (Fsp3) is 0.600. The van der Waals surface area contributed by atoms with Crippen molar-refractivity contribution in [2.45, 2.75) is 26.4 Å². The van der Waals surface area contributed by atoms with Crippen molar-refractivity contribution in [2.24, 2.45) is 0 Å². The first-order valence-corrected chi connectivity index (χ1v) is 5.26. The molecule has 0 spiro atoms. The zero-order chi connectivity index (χ0) is 11.3. The fourth-order valence-electron chi connectivity index (χ4n) is 1.17. The van der Waals surface area contributed by atoms with Crippen molar-refractivity contribution in [3.05, 3.63) is 17.5 Å². The van der Waals surface area contributed by atoms with Crippen molar-refractivity contribution >= 4 is 17.4 Å². The molecule has 0 saturated carbocycles. The van der Waals surface area contributed by atoms with Crippen LogP contribution >= 0.6 is 11.6 Å². The van der Waals surface area contributed by atoms with E-state index >= 15 is 0 Å². The van der Waals surface area contributed by atoms with Gasteiger partial charge in [-0.15, -0.1) is 0 Å². The van der Waals surface area contributed by atoms with E-state index in [9.17, 15) is 0 Å². The molecule has 0 aliphatic rings. The third kappa shape index (κ3) is 4.44. The molecule has 1 heterocycles. The van der Waals surface area contributed by atoms with Crippen molar-refractivity contribution in [2.75, 3.05) is 18.5 Å². The molecule has 0 aliphatic carbocycles. The highest BCUT2D eigenvalue weighted by molar-refractivity contribution is 6.29. The van der Waals surface area contributed by atoms with E-state index in [-0.39, 0.29) is 5.60 Å². The van der Waals surface area contributed by atoms with E-state index in [4.69, 9.17) is 16.3 Å². The van der Waals surface area contributed by atoms with E-state index in [0.29, 0.717) is 24.1 Å². The van der Waals surface area contributed by atoms with Crippen LogP contribution in [0.2, 0.25) is 5.15 Å². The molecule has 1 rings (SSSR count). The highest BCUT2D eigenvalue weighted by Gasteiger charge is 2.17. The van der Waals surface area contributed by atoms with Gasteiger partial charge in [-0.1, -0.05) is 11.6 Å². The minimum Gasteiger partial charge on any atom is -0.374 e. The molecule has 1 N–H and O–H groups in total. The van der Waals surface area contributed by atoms with Crippen LogP contribution in [-0.4, -0.2) is 28.7 Å². The third-order valence-electron chi connectivity index (χ3n) is 1.84. The minimum atomic E-state index is -0.223. The summed E-state index contributed by atoms with van der Waals surface area (Å²) >= 11 is 5.71. The van der Waals surface area contributed by atoms with Crippen LogP contribution in [0, 0.1) is 0 Å². The predicted molar refractivity (Wildman–Crippen MR) is 61.2 cm³/mol. The Hall–Kier alpha value is -0.870. The highest BCUT2D eigenvalue weighted by atomic mass is 35.5. The lowest BCUT2D eigenvalue weighted by Gasteiger charge is -2.25. The van der Waals surface area contributed by atoms with Gasteiger partial charge in [0.25, 0.3) is 0 Å². The molecular weight excluding hydrogens is 214 g/mol. The molecule has 0 radical (unpaired) electrons. The number of nitrogens with zero attached hydrogens (tertiary/aromatic N) is 2. The lowest BCUT2D eigenvalue weighted by molar-refractivity contribution is 0.000639. The first-order valence-electron chi connectivity index (χ1n) is 4.89. The number of aromatic nitrogens is 2.